The highest BCUT2D eigenvalue weighted by atomic mass is 19.1. The number of carbonyl (C=O) groups excluding carboxylic acids is 1. The van der Waals surface area contributed by atoms with Crippen LogP contribution in [0.4, 0.5) is 4.39 Å². The van der Waals surface area contributed by atoms with E-state index in [1.165, 1.54) is 11.6 Å². The van der Waals surface area contributed by atoms with Crippen molar-refractivity contribution in [3.63, 3.8) is 0 Å². The summed E-state index contributed by atoms with van der Waals surface area (Å²) in [6.07, 6.45) is 3.86. The summed E-state index contributed by atoms with van der Waals surface area (Å²) in [7, 11) is 0. The molecule has 0 bridgehead atoms. The molecule has 0 atom stereocenters. The van der Waals surface area contributed by atoms with Gasteiger partial charge in [0.15, 0.2) is 5.58 Å². The van der Waals surface area contributed by atoms with Gasteiger partial charge in [-0.05, 0) is 80.1 Å². The molecule has 6 nitrogen and oxygen atoms in total. The molecule has 0 spiro atoms. The number of hydrogen-bond donors (Lipinski definition) is 2. The summed E-state index contributed by atoms with van der Waals surface area (Å²) in [5.41, 5.74) is 4.24. The van der Waals surface area contributed by atoms with Crippen molar-refractivity contribution >= 4 is 17.0 Å². The van der Waals surface area contributed by atoms with Crippen LogP contribution in [0.3, 0.4) is 0 Å². The van der Waals surface area contributed by atoms with Gasteiger partial charge in [-0.3, -0.25) is 9.78 Å². The van der Waals surface area contributed by atoms with Crippen LogP contribution in [0, 0.1) is 12.7 Å². The number of likely N-dealkylation sites (tertiary alicyclic amines) is 1. The van der Waals surface area contributed by atoms with Gasteiger partial charge in [0, 0.05) is 19.5 Å². The van der Waals surface area contributed by atoms with Gasteiger partial charge in [0.05, 0.1) is 5.52 Å². The van der Waals surface area contributed by atoms with Crippen molar-refractivity contribution in [1.82, 2.24) is 15.2 Å². The zero-order valence-corrected chi connectivity index (χ0v) is 17.7. The predicted octanol–water partition coefficient (Wildman–Crippen LogP) is 3.84. The number of carbonyl (C=O) groups is 1. The van der Waals surface area contributed by atoms with Crippen molar-refractivity contribution in [3.8, 4) is 0 Å². The Morgan fingerprint density at radius 3 is 2.65 bits per heavy atom. The van der Waals surface area contributed by atoms with Crippen molar-refractivity contribution in [2.24, 2.45) is 0 Å². The third-order valence-electron chi connectivity index (χ3n) is 6.04. The van der Waals surface area contributed by atoms with Crippen LogP contribution in [0.25, 0.3) is 11.1 Å². The van der Waals surface area contributed by atoms with Crippen molar-refractivity contribution in [2.45, 2.75) is 45.1 Å². The number of aryl methyl sites for hydroxylation is 1. The standard InChI is InChI=1S/C12H14FNO.C12H14N2O2/c1-9-4-5-10(7-11(9)13)8-14-6-2-3-12(14)15;15-12-14-10-2-1-9(7-11(10)16-12)8-3-5-13-6-4-8/h4-5,7H,2-3,6,8H2,1H3;1-2,7-8,13H,3-6H2,(H,14,15). The molecule has 0 aliphatic carbocycles. The maximum atomic E-state index is 13.2. The molecular weight excluding hydrogens is 397 g/mol. The van der Waals surface area contributed by atoms with Gasteiger partial charge >= 0.3 is 5.76 Å². The van der Waals surface area contributed by atoms with Gasteiger partial charge in [0.1, 0.15) is 5.82 Å². The number of piperidine rings is 1. The molecule has 5 rings (SSSR count). The van der Waals surface area contributed by atoms with E-state index in [4.69, 9.17) is 4.42 Å². The van der Waals surface area contributed by atoms with Gasteiger partial charge in [-0.2, -0.15) is 0 Å². The number of hydrogen-bond acceptors (Lipinski definition) is 4. The molecule has 3 heterocycles. The van der Waals surface area contributed by atoms with Crippen molar-refractivity contribution < 1.29 is 13.6 Å². The number of nitrogens with zero attached hydrogens (tertiary/aromatic N) is 1. The summed E-state index contributed by atoms with van der Waals surface area (Å²) in [6, 6.07) is 11.2. The quantitative estimate of drug-likeness (QED) is 0.668. The second kappa shape index (κ2) is 9.47. The van der Waals surface area contributed by atoms with E-state index in [1.54, 1.807) is 17.9 Å². The number of halogens is 1. The Morgan fingerprint density at radius 1 is 1.13 bits per heavy atom. The minimum atomic E-state index is -0.377. The van der Waals surface area contributed by atoms with Crippen LogP contribution < -0.4 is 11.1 Å². The number of oxazole rings is 1. The Balaban J connectivity index is 0.000000150. The highest BCUT2D eigenvalue weighted by Crippen LogP contribution is 2.27. The normalized spacial score (nSPS) is 17.1. The van der Waals surface area contributed by atoms with Gasteiger partial charge in [0.25, 0.3) is 0 Å². The Kier molecular flexibility index (Phi) is 6.51. The molecule has 3 aromatic rings. The highest BCUT2D eigenvalue weighted by molar-refractivity contribution is 5.78. The maximum Gasteiger partial charge on any atom is 0.417 e. The molecule has 2 aromatic carbocycles. The molecular formula is C24H28FN3O3. The Labute approximate surface area is 180 Å². The van der Waals surface area contributed by atoms with E-state index in [0.29, 0.717) is 30.0 Å². The minimum Gasteiger partial charge on any atom is -0.408 e. The van der Waals surface area contributed by atoms with Crippen molar-refractivity contribution in [2.75, 3.05) is 19.6 Å². The molecule has 0 radical (unpaired) electrons. The van der Waals surface area contributed by atoms with E-state index >= 15 is 0 Å². The van der Waals surface area contributed by atoms with Crippen LogP contribution in [0.2, 0.25) is 0 Å². The van der Waals surface area contributed by atoms with Crippen LogP contribution >= 0.6 is 0 Å². The molecule has 2 fully saturated rings. The third kappa shape index (κ3) is 5.22. The summed E-state index contributed by atoms with van der Waals surface area (Å²) in [5, 5.41) is 3.35. The number of benzene rings is 2. The zero-order chi connectivity index (χ0) is 21.8. The van der Waals surface area contributed by atoms with E-state index in [0.717, 1.165) is 50.0 Å². The number of fused-ring (bicyclic) bond motifs is 1. The first-order chi connectivity index (χ1) is 15.0. The monoisotopic (exact) mass is 425 g/mol. The average Bonchev–Trinajstić information content (AvgIpc) is 3.35. The van der Waals surface area contributed by atoms with E-state index in [9.17, 15) is 14.0 Å². The van der Waals surface area contributed by atoms with Gasteiger partial charge in [0.2, 0.25) is 5.91 Å². The first-order valence-electron chi connectivity index (χ1n) is 10.9. The summed E-state index contributed by atoms with van der Waals surface area (Å²) in [5.74, 6) is 0.193. The molecule has 1 amide bonds. The van der Waals surface area contributed by atoms with Crippen LogP contribution in [0.15, 0.2) is 45.6 Å². The lowest BCUT2D eigenvalue weighted by molar-refractivity contribution is -0.128. The van der Waals surface area contributed by atoms with Crippen LogP contribution in [0.5, 0.6) is 0 Å². The SMILES string of the molecule is Cc1ccc(CN2CCCC2=O)cc1F.O=c1[nH]c2ccc(C3CCNCC3)cc2o1. The smallest absolute Gasteiger partial charge is 0.408 e. The molecule has 31 heavy (non-hydrogen) atoms. The van der Waals surface area contributed by atoms with Crippen molar-refractivity contribution in [3.05, 3.63) is 69.5 Å². The average molecular weight is 426 g/mol. The Bertz CT molecular complexity index is 1110. The van der Waals surface area contributed by atoms with E-state index in [1.807, 2.05) is 18.2 Å². The zero-order valence-electron chi connectivity index (χ0n) is 17.7. The predicted molar refractivity (Wildman–Crippen MR) is 117 cm³/mol. The molecule has 0 saturated carbocycles. The molecule has 2 aliphatic heterocycles. The number of amides is 1. The fraction of sp³-hybridized carbons (Fsp3) is 0.417. The van der Waals surface area contributed by atoms with Gasteiger partial charge in [-0.15, -0.1) is 0 Å². The molecule has 164 valence electrons. The van der Waals surface area contributed by atoms with E-state index in [2.05, 4.69) is 16.4 Å². The number of aromatic amines is 1. The molecule has 7 heteroatoms. The molecule has 2 N–H and O–H groups in total. The molecule has 0 unspecified atom stereocenters. The summed E-state index contributed by atoms with van der Waals surface area (Å²) in [6.45, 7) is 5.21. The van der Waals surface area contributed by atoms with Gasteiger partial charge in [-0.25, -0.2) is 9.18 Å². The fourth-order valence-corrected chi connectivity index (χ4v) is 4.20. The first kappa shape index (κ1) is 21.3. The number of nitrogens with one attached hydrogen (secondary N) is 2. The second-order valence-electron chi connectivity index (χ2n) is 8.30. The lowest BCUT2D eigenvalue weighted by Crippen LogP contribution is -2.26. The maximum absolute atomic E-state index is 13.2. The molecule has 1 aromatic heterocycles. The van der Waals surface area contributed by atoms with Crippen LogP contribution in [-0.4, -0.2) is 35.4 Å². The first-order valence-corrected chi connectivity index (χ1v) is 10.9. The van der Waals surface area contributed by atoms with Crippen LogP contribution in [0.1, 0.15) is 48.3 Å². The van der Waals surface area contributed by atoms with Crippen LogP contribution in [-0.2, 0) is 11.3 Å². The minimum absolute atomic E-state index is 0.177. The highest BCUT2D eigenvalue weighted by Gasteiger charge is 2.20. The van der Waals surface area contributed by atoms with Gasteiger partial charge < -0.3 is 14.6 Å². The summed E-state index contributed by atoms with van der Waals surface area (Å²) >= 11 is 0. The molecule has 2 saturated heterocycles. The number of H-pyrrole nitrogens is 1. The topological polar surface area (TPSA) is 78.3 Å². The van der Waals surface area contributed by atoms with Crippen molar-refractivity contribution in [1.29, 1.82) is 0 Å². The lowest BCUT2D eigenvalue weighted by Gasteiger charge is -2.22. The summed E-state index contributed by atoms with van der Waals surface area (Å²) < 4.78 is 18.3. The largest absolute Gasteiger partial charge is 0.417 e. The fourth-order valence-electron chi connectivity index (χ4n) is 4.20. The Morgan fingerprint density at radius 2 is 1.94 bits per heavy atom. The van der Waals surface area contributed by atoms with Gasteiger partial charge in [-0.1, -0.05) is 18.2 Å². The Hall–Kier alpha value is -2.93. The van der Waals surface area contributed by atoms with E-state index in [-0.39, 0.29) is 17.5 Å². The third-order valence-corrected chi connectivity index (χ3v) is 6.04. The van der Waals surface area contributed by atoms with E-state index < -0.39 is 0 Å². The second-order valence-corrected chi connectivity index (χ2v) is 8.30. The number of rotatable bonds is 3. The lowest BCUT2D eigenvalue weighted by atomic mass is 9.90. The number of aromatic nitrogens is 1. The summed E-state index contributed by atoms with van der Waals surface area (Å²) in [4.78, 5) is 26.8. The molecule has 2 aliphatic rings.